The van der Waals surface area contributed by atoms with Gasteiger partial charge in [0.25, 0.3) is 5.91 Å². The smallest absolute Gasteiger partial charge is 0.255 e. The van der Waals surface area contributed by atoms with Crippen LogP contribution in [0.25, 0.3) is 0 Å². The van der Waals surface area contributed by atoms with Gasteiger partial charge in [0.15, 0.2) is 6.61 Å². The van der Waals surface area contributed by atoms with E-state index in [1.54, 1.807) is 6.07 Å². The zero-order chi connectivity index (χ0) is 17.3. The predicted octanol–water partition coefficient (Wildman–Crippen LogP) is 0.912. The molecule has 1 aromatic carbocycles. The quantitative estimate of drug-likeness (QED) is 0.730. The third-order valence-corrected chi connectivity index (χ3v) is 5.63. The molecule has 2 fully saturated rings. The molecule has 2 atom stereocenters. The fourth-order valence-electron chi connectivity index (χ4n) is 3.70. The molecule has 1 heterocycles. The first-order valence-corrected chi connectivity index (χ1v) is 8.56. The van der Waals surface area contributed by atoms with Crippen LogP contribution in [0.15, 0.2) is 18.2 Å². The molecule has 7 heteroatoms. The Kier molecular flexibility index (Phi) is 5.01. The number of amides is 1. The molecule has 4 N–H and O–H groups in total. The SMILES string of the molecule is NC(=O)COc1ccc(CN2CCC3(CC2)[C@H](O)C[C@@H]3O)cc1Cl. The molecule has 132 valence electrons. The van der Waals surface area contributed by atoms with Gasteiger partial charge in [0.1, 0.15) is 5.75 Å². The second-order valence-electron chi connectivity index (χ2n) is 6.80. The number of piperidine rings is 1. The number of nitrogens with zero attached hydrogens (tertiary/aromatic N) is 1. The van der Waals surface area contributed by atoms with E-state index in [4.69, 9.17) is 22.1 Å². The van der Waals surface area contributed by atoms with Gasteiger partial charge in [0, 0.05) is 18.4 Å². The number of aliphatic hydroxyl groups is 2. The summed E-state index contributed by atoms with van der Waals surface area (Å²) in [5, 5.41) is 20.4. The van der Waals surface area contributed by atoms with Crippen molar-refractivity contribution in [3.63, 3.8) is 0 Å². The molecule has 0 radical (unpaired) electrons. The Morgan fingerprint density at radius 2 is 2.00 bits per heavy atom. The van der Waals surface area contributed by atoms with Gasteiger partial charge in [-0.25, -0.2) is 0 Å². The van der Waals surface area contributed by atoms with E-state index in [0.29, 0.717) is 17.2 Å². The van der Waals surface area contributed by atoms with E-state index in [1.807, 2.05) is 12.1 Å². The highest BCUT2D eigenvalue weighted by Crippen LogP contribution is 2.49. The Bertz CT molecular complexity index is 607. The van der Waals surface area contributed by atoms with Crippen LogP contribution in [0, 0.1) is 5.41 Å². The average Bonchev–Trinajstić information content (AvgIpc) is 2.55. The molecule has 2 aliphatic rings. The van der Waals surface area contributed by atoms with Crippen molar-refractivity contribution in [2.24, 2.45) is 11.1 Å². The zero-order valence-corrected chi connectivity index (χ0v) is 14.2. The Morgan fingerprint density at radius 3 is 2.54 bits per heavy atom. The van der Waals surface area contributed by atoms with Crippen molar-refractivity contribution in [3.8, 4) is 5.75 Å². The molecule has 1 spiro atoms. The second kappa shape index (κ2) is 6.88. The first kappa shape index (κ1) is 17.5. The van der Waals surface area contributed by atoms with Crippen molar-refractivity contribution in [1.82, 2.24) is 4.90 Å². The average molecular weight is 355 g/mol. The van der Waals surface area contributed by atoms with Crippen LogP contribution in [-0.4, -0.2) is 52.9 Å². The number of carbonyl (C=O) groups excluding carboxylic acids is 1. The molecular formula is C17H23ClN2O4. The van der Waals surface area contributed by atoms with Crippen molar-refractivity contribution in [2.75, 3.05) is 19.7 Å². The molecule has 0 aromatic heterocycles. The van der Waals surface area contributed by atoms with E-state index >= 15 is 0 Å². The summed E-state index contributed by atoms with van der Waals surface area (Å²) in [6, 6.07) is 5.49. The number of likely N-dealkylation sites (tertiary alicyclic amines) is 1. The van der Waals surface area contributed by atoms with Crippen molar-refractivity contribution in [3.05, 3.63) is 28.8 Å². The highest BCUT2D eigenvalue weighted by Gasteiger charge is 2.54. The van der Waals surface area contributed by atoms with E-state index in [2.05, 4.69) is 4.90 Å². The van der Waals surface area contributed by atoms with E-state index < -0.39 is 5.91 Å². The number of ether oxygens (including phenoxy) is 1. The minimum absolute atomic E-state index is 0.197. The standard InChI is InChI=1S/C17H23ClN2O4/c18-12-7-11(1-2-13(12)24-10-16(19)23)9-20-5-3-17(4-6-20)14(21)8-15(17)22/h1-2,7,14-15,21-22H,3-6,8-10H2,(H2,19,23)/t14-,15+. The summed E-state index contributed by atoms with van der Waals surface area (Å²) >= 11 is 6.18. The van der Waals surface area contributed by atoms with Gasteiger partial charge in [0.05, 0.1) is 17.2 Å². The highest BCUT2D eigenvalue weighted by molar-refractivity contribution is 6.32. The molecule has 1 saturated heterocycles. The summed E-state index contributed by atoms with van der Waals surface area (Å²) in [4.78, 5) is 13.0. The lowest BCUT2D eigenvalue weighted by molar-refractivity contribution is -0.190. The van der Waals surface area contributed by atoms with Crippen LogP contribution < -0.4 is 10.5 Å². The third kappa shape index (κ3) is 3.37. The van der Waals surface area contributed by atoms with Crippen LogP contribution in [0.3, 0.4) is 0 Å². The molecular weight excluding hydrogens is 332 g/mol. The molecule has 1 aliphatic heterocycles. The highest BCUT2D eigenvalue weighted by atomic mass is 35.5. The van der Waals surface area contributed by atoms with Crippen LogP contribution in [0.5, 0.6) is 5.75 Å². The normalized spacial score (nSPS) is 26.1. The molecule has 24 heavy (non-hydrogen) atoms. The summed E-state index contributed by atoms with van der Waals surface area (Å²) in [6.45, 7) is 2.23. The number of primary amides is 1. The number of benzene rings is 1. The number of carbonyl (C=O) groups is 1. The molecule has 1 saturated carbocycles. The number of hydrogen-bond acceptors (Lipinski definition) is 5. The lowest BCUT2D eigenvalue weighted by atomic mass is 9.58. The Balaban J connectivity index is 1.55. The van der Waals surface area contributed by atoms with Crippen molar-refractivity contribution < 1.29 is 19.7 Å². The predicted molar refractivity (Wildman–Crippen MR) is 89.7 cm³/mol. The van der Waals surface area contributed by atoms with Gasteiger partial charge in [0.2, 0.25) is 0 Å². The van der Waals surface area contributed by atoms with Crippen LogP contribution in [-0.2, 0) is 11.3 Å². The van der Waals surface area contributed by atoms with Crippen LogP contribution in [0.4, 0.5) is 0 Å². The lowest BCUT2D eigenvalue weighted by Gasteiger charge is -2.55. The molecule has 3 rings (SSSR count). The van der Waals surface area contributed by atoms with Crippen LogP contribution >= 0.6 is 11.6 Å². The molecule has 6 nitrogen and oxygen atoms in total. The first-order valence-electron chi connectivity index (χ1n) is 8.19. The van der Waals surface area contributed by atoms with E-state index in [0.717, 1.165) is 38.0 Å². The van der Waals surface area contributed by atoms with E-state index in [1.165, 1.54) is 0 Å². The molecule has 1 aromatic rings. The maximum absolute atomic E-state index is 10.8. The second-order valence-corrected chi connectivity index (χ2v) is 7.20. The minimum atomic E-state index is -0.544. The van der Waals surface area contributed by atoms with Gasteiger partial charge >= 0.3 is 0 Å². The van der Waals surface area contributed by atoms with Gasteiger partial charge in [-0.05, 0) is 43.6 Å². The number of rotatable bonds is 5. The molecule has 1 aliphatic carbocycles. The third-order valence-electron chi connectivity index (χ3n) is 5.33. The maximum atomic E-state index is 10.8. The van der Waals surface area contributed by atoms with Crippen LogP contribution in [0.2, 0.25) is 5.02 Å². The minimum Gasteiger partial charge on any atom is -0.482 e. The fourth-order valence-corrected chi connectivity index (χ4v) is 3.96. The van der Waals surface area contributed by atoms with Gasteiger partial charge in [-0.15, -0.1) is 0 Å². The van der Waals surface area contributed by atoms with Crippen molar-refractivity contribution >= 4 is 17.5 Å². The Morgan fingerprint density at radius 1 is 1.33 bits per heavy atom. The number of nitrogens with two attached hydrogens (primary N) is 1. The topological polar surface area (TPSA) is 96.0 Å². The molecule has 1 amide bonds. The van der Waals surface area contributed by atoms with E-state index in [-0.39, 0.29) is 24.2 Å². The van der Waals surface area contributed by atoms with E-state index in [9.17, 15) is 15.0 Å². The summed E-state index contributed by atoms with van der Waals surface area (Å²) in [7, 11) is 0. The Labute approximate surface area is 146 Å². The number of aliphatic hydroxyl groups excluding tert-OH is 2. The largest absolute Gasteiger partial charge is 0.482 e. The van der Waals surface area contributed by atoms with Gasteiger partial charge < -0.3 is 20.7 Å². The summed E-state index contributed by atoms with van der Waals surface area (Å²) < 4.78 is 5.24. The first-order chi connectivity index (χ1) is 11.4. The number of halogens is 1. The molecule has 0 unspecified atom stereocenters. The zero-order valence-electron chi connectivity index (χ0n) is 13.4. The van der Waals surface area contributed by atoms with Gasteiger partial charge in [-0.1, -0.05) is 17.7 Å². The summed E-state index contributed by atoms with van der Waals surface area (Å²) in [5.74, 6) is -0.102. The van der Waals surface area contributed by atoms with Crippen molar-refractivity contribution in [2.45, 2.75) is 38.0 Å². The maximum Gasteiger partial charge on any atom is 0.255 e. The van der Waals surface area contributed by atoms with Gasteiger partial charge in [-0.3, -0.25) is 9.69 Å². The fraction of sp³-hybridized carbons (Fsp3) is 0.588. The van der Waals surface area contributed by atoms with Gasteiger partial charge in [-0.2, -0.15) is 0 Å². The van der Waals surface area contributed by atoms with Crippen molar-refractivity contribution in [1.29, 1.82) is 0 Å². The summed E-state index contributed by atoms with van der Waals surface area (Å²) in [6.07, 6.45) is 1.38. The molecule has 0 bridgehead atoms. The Hall–Kier alpha value is -1.34. The summed E-state index contributed by atoms with van der Waals surface area (Å²) in [5.41, 5.74) is 5.81. The lowest BCUT2D eigenvalue weighted by Crippen LogP contribution is -2.61. The van der Waals surface area contributed by atoms with Crippen LogP contribution in [0.1, 0.15) is 24.8 Å². The number of hydrogen-bond donors (Lipinski definition) is 3. The monoisotopic (exact) mass is 354 g/mol.